The molecule has 0 bridgehead atoms. The van der Waals surface area contributed by atoms with Crippen LogP contribution in [0.3, 0.4) is 0 Å². The summed E-state index contributed by atoms with van der Waals surface area (Å²) in [6.07, 6.45) is 3.99. The molecule has 2 aromatic carbocycles. The minimum Gasteiger partial charge on any atom is -0.353 e. The van der Waals surface area contributed by atoms with Crippen molar-refractivity contribution in [2.24, 2.45) is 0 Å². The van der Waals surface area contributed by atoms with E-state index in [1.54, 1.807) is 35.5 Å². The fourth-order valence-electron chi connectivity index (χ4n) is 5.13. The van der Waals surface area contributed by atoms with E-state index < -0.39 is 23.5 Å². The highest BCUT2D eigenvalue weighted by atomic mass is 19.1. The van der Waals surface area contributed by atoms with Crippen molar-refractivity contribution in [2.45, 2.75) is 38.1 Å². The van der Waals surface area contributed by atoms with Gasteiger partial charge in [0.15, 0.2) is 0 Å². The van der Waals surface area contributed by atoms with Gasteiger partial charge >= 0.3 is 0 Å². The third-order valence-electron chi connectivity index (χ3n) is 7.19. The van der Waals surface area contributed by atoms with Crippen molar-refractivity contribution in [1.29, 1.82) is 0 Å². The number of benzene rings is 2. The molecule has 0 saturated carbocycles. The molecular formula is C29H29FN4O4. The third-order valence-corrected chi connectivity index (χ3v) is 7.19. The first kappa shape index (κ1) is 25.5. The Kier molecular flexibility index (Phi) is 7.20. The van der Waals surface area contributed by atoms with Gasteiger partial charge in [0.2, 0.25) is 5.91 Å². The molecule has 2 aliphatic heterocycles. The van der Waals surface area contributed by atoms with Crippen LogP contribution in [0.25, 0.3) is 0 Å². The summed E-state index contributed by atoms with van der Waals surface area (Å²) >= 11 is 0. The molecule has 1 atom stereocenters. The second-order valence-electron chi connectivity index (χ2n) is 9.69. The Morgan fingerprint density at radius 1 is 1.00 bits per heavy atom. The summed E-state index contributed by atoms with van der Waals surface area (Å²) in [7, 11) is 0. The molecule has 3 aromatic rings. The van der Waals surface area contributed by atoms with Gasteiger partial charge in [-0.05, 0) is 61.0 Å². The average molecular weight is 517 g/mol. The Morgan fingerprint density at radius 2 is 1.71 bits per heavy atom. The predicted molar refractivity (Wildman–Crippen MR) is 137 cm³/mol. The molecule has 8 nitrogen and oxygen atoms in total. The van der Waals surface area contributed by atoms with Gasteiger partial charge in [-0.3, -0.25) is 24.3 Å². The molecule has 0 radical (unpaired) electrons. The molecule has 3 amide bonds. The predicted octanol–water partition coefficient (Wildman–Crippen LogP) is 3.32. The van der Waals surface area contributed by atoms with E-state index in [0.29, 0.717) is 31.5 Å². The quantitative estimate of drug-likeness (QED) is 0.562. The number of nitrogens with zero attached hydrogens (tertiary/aromatic N) is 3. The monoisotopic (exact) mass is 516 g/mol. The summed E-state index contributed by atoms with van der Waals surface area (Å²) in [5.74, 6) is -1.29. The van der Waals surface area contributed by atoms with Crippen molar-refractivity contribution in [3.63, 3.8) is 0 Å². The molecule has 2 saturated heterocycles. The standard InChI is InChI=1S/C29H29FN4O4/c1-20-3-2-4-23(17-20)27(36)33-15-11-29(12-16-33)34(28(37)22-5-7-24(30)8-6-22)25(19-38-29)26(35)32-18-21-9-13-31-14-10-21/h2-10,13-14,17,25H,11-12,15-16,18-19H2,1H3,(H,32,35)/t25-/m0/s1. The maximum atomic E-state index is 13.7. The molecule has 1 N–H and O–H groups in total. The molecule has 0 aliphatic carbocycles. The van der Waals surface area contributed by atoms with E-state index in [1.165, 1.54) is 29.2 Å². The van der Waals surface area contributed by atoms with E-state index in [1.807, 2.05) is 25.1 Å². The zero-order valence-electron chi connectivity index (χ0n) is 21.1. The lowest BCUT2D eigenvalue weighted by atomic mass is 9.96. The van der Waals surface area contributed by atoms with Crippen LogP contribution >= 0.6 is 0 Å². The van der Waals surface area contributed by atoms with Gasteiger partial charge < -0.3 is 15.0 Å². The van der Waals surface area contributed by atoms with E-state index >= 15 is 0 Å². The van der Waals surface area contributed by atoms with Crippen LogP contribution in [0, 0.1) is 12.7 Å². The minimum atomic E-state index is -1.05. The molecule has 0 unspecified atom stereocenters. The first-order valence-corrected chi connectivity index (χ1v) is 12.6. The Bertz CT molecular complexity index is 1320. The number of piperidine rings is 1. The second-order valence-corrected chi connectivity index (χ2v) is 9.69. The maximum Gasteiger partial charge on any atom is 0.256 e. The number of likely N-dealkylation sites (tertiary alicyclic amines) is 1. The number of aromatic nitrogens is 1. The lowest BCUT2D eigenvalue weighted by molar-refractivity contribution is -0.128. The summed E-state index contributed by atoms with van der Waals surface area (Å²) in [6.45, 7) is 2.98. The van der Waals surface area contributed by atoms with E-state index in [-0.39, 0.29) is 30.5 Å². The van der Waals surface area contributed by atoms with Gasteiger partial charge in [0.05, 0.1) is 6.61 Å². The number of carbonyl (C=O) groups is 3. The molecular weight excluding hydrogens is 487 g/mol. The highest BCUT2D eigenvalue weighted by molar-refractivity contribution is 5.98. The van der Waals surface area contributed by atoms with Crippen molar-refractivity contribution in [3.05, 3.63) is 101 Å². The molecule has 1 spiro atoms. The lowest BCUT2D eigenvalue weighted by Crippen LogP contribution is -2.59. The van der Waals surface area contributed by atoms with Gasteiger partial charge in [0.1, 0.15) is 17.6 Å². The summed E-state index contributed by atoms with van der Waals surface area (Å²) in [6, 6.07) is 15.4. The number of pyridine rings is 1. The number of ether oxygens (including phenoxy) is 1. The van der Waals surface area contributed by atoms with Gasteiger partial charge in [-0.25, -0.2) is 4.39 Å². The number of aryl methyl sites for hydroxylation is 1. The Morgan fingerprint density at radius 3 is 2.39 bits per heavy atom. The number of halogens is 1. The van der Waals surface area contributed by atoms with Gasteiger partial charge in [0.25, 0.3) is 11.8 Å². The molecule has 5 rings (SSSR count). The maximum absolute atomic E-state index is 13.7. The Hall–Kier alpha value is -4.11. The van der Waals surface area contributed by atoms with Gasteiger partial charge in [-0.1, -0.05) is 17.7 Å². The van der Waals surface area contributed by atoms with Crippen LogP contribution in [0.1, 0.15) is 44.7 Å². The average Bonchev–Trinajstić information content (AvgIpc) is 3.30. The second kappa shape index (κ2) is 10.7. The Balaban J connectivity index is 1.36. The molecule has 2 fully saturated rings. The van der Waals surface area contributed by atoms with Crippen molar-refractivity contribution >= 4 is 17.7 Å². The zero-order valence-corrected chi connectivity index (χ0v) is 21.1. The highest BCUT2D eigenvalue weighted by Crippen LogP contribution is 2.39. The lowest BCUT2D eigenvalue weighted by Gasteiger charge is -2.44. The van der Waals surface area contributed by atoms with Crippen LogP contribution in [0.5, 0.6) is 0 Å². The summed E-state index contributed by atoms with van der Waals surface area (Å²) in [5, 5.41) is 2.90. The first-order chi connectivity index (χ1) is 18.4. The van der Waals surface area contributed by atoms with E-state index in [2.05, 4.69) is 10.3 Å². The Labute approximate surface area is 220 Å². The van der Waals surface area contributed by atoms with Crippen LogP contribution in [0.4, 0.5) is 4.39 Å². The number of rotatable bonds is 5. The summed E-state index contributed by atoms with van der Waals surface area (Å²) in [5.41, 5.74) is 1.71. The minimum absolute atomic E-state index is 0.0287. The van der Waals surface area contributed by atoms with E-state index in [4.69, 9.17) is 4.74 Å². The van der Waals surface area contributed by atoms with Crippen LogP contribution < -0.4 is 5.32 Å². The van der Waals surface area contributed by atoms with Crippen LogP contribution in [0.2, 0.25) is 0 Å². The van der Waals surface area contributed by atoms with Gasteiger partial charge in [0, 0.05) is 56.0 Å². The normalized spacial score (nSPS) is 18.4. The number of carbonyl (C=O) groups excluding carboxylic acids is 3. The smallest absolute Gasteiger partial charge is 0.256 e. The number of amides is 3. The van der Waals surface area contributed by atoms with Crippen molar-refractivity contribution in [1.82, 2.24) is 20.1 Å². The molecule has 1 aromatic heterocycles. The molecule has 9 heteroatoms. The SMILES string of the molecule is Cc1cccc(C(=O)N2CCC3(CC2)OC[C@@H](C(=O)NCc2ccncc2)N3C(=O)c2ccc(F)cc2)c1. The molecule has 196 valence electrons. The van der Waals surface area contributed by atoms with Gasteiger partial charge in [-0.15, -0.1) is 0 Å². The molecule has 38 heavy (non-hydrogen) atoms. The van der Waals surface area contributed by atoms with E-state index in [0.717, 1.165) is 11.1 Å². The van der Waals surface area contributed by atoms with Crippen molar-refractivity contribution in [2.75, 3.05) is 19.7 Å². The zero-order chi connectivity index (χ0) is 26.7. The molecule has 3 heterocycles. The topological polar surface area (TPSA) is 91.8 Å². The molecule has 2 aliphatic rings. The van der Waals surface area contributed by atoms with E-state index in [9.17, 15) is 18.8 Å². The third kappa shape index (κ3) is 5.15. The fourth-order valence-corrected chi connectivity index (χ4v) is 5.13. The fraction of sp³-hybridized carbons (Fsp3) is 0.310. The summed E-state index contributed by atoms with van der Waals surface area (Å²) < 4.78 is 19.8. The highest BCUT2D eigenvalue weighted by Gasteiger charge is 2.54. The van der Waals surface area contributed by atoms with Crippen LogP contribution in [-0.4, -0.2) is 64.0 Å². The summed E-state index contributed by atoms with van der Waals surface area (Å²) in [4.78, 5) is 47.4. The van der Waals surface area contributed by atoms with Crippen molar-refractivity contribution in [3.8, 4) is 0 Å². The largest absolute Gasteiger partial charge is 0.353 e. The van der Waals surface area contributed by atoms with Crippen LogP contribution in [0.15, 0.2) is 73.1 Å². The first-order valence-electron chi connectivity index (χ1n) is 12.6. The van der Waals surface area contributed by atoms with Crippen LogP contribution in [-0.2, 0) is 16.1 Å². The number of hydrogen-bond acceptors (Lipinski definition) is 5. The van der Waals surface area contributed by atoms with Gasteiger partial charge in [-0.2, -0.15) is 0 Å². The number of nitrogens with one attached hydrogen (secondary N) is 1. The van der Waals surface area contributed by atoms with Crippen molar-refractivity contribution < 1.29 is 23.5 Å². The number of hydrogen-bond donors (Lipinski definition) is 1.